The number of thioether (sulfide) groups is 1. The van der Waals surface area contributed by atoms with Crippen molar-refractivity contribution < 1.29 is 4.74 Å². The summed E-state index contributed by atoms with van der Waals surface area (Å²) in [4.78, 5) is 19.6. The van der Waals surface area contributed by atoms with Gasteiger partial charge in [0.1, 0.15) is 11.4 Å². The van der Waals surface area contributed by atoms with Crippen molar-refractivity contribution in [3.63, 3.8) is 0 Å². The lowest BCUT2D eigenvalue weighted by Gasteiger charge is -2.28. The molecule has 0 spiro atoms. The highest BCUT2D eigenvalue weighted by molar-refractivity contribution is 7.98. The number of para-hydroxylation sites is 2. The molecule has 0 saturated carbocycles. The maximum atomic E-state index is 12.6. The molecule has 0 bridgehead atoms. The van der Waals surface area contributed by atoms with E-state index in [-0.39, 0.29) is 5.56 Å². The van der Waals surface area contributed by atoms with E-state index in [0.29, 0.717) is 17.1 Å². The van der Waals surface area contributed by atoms with Crippen molar-refractivity contribution in [1.82, 2.24) is 24.1 Å². The zero-order valence-corrected chi connectivity index (χ0v) is 19.6. The van der Waals surface area contributed by atoms with Crippen LogP contribution in [0.5, 0.6) is 5.75 Å². The molecule has 0 atom stereocenters. The molecule has 0 amide bonds. The second-order valence-electron chi connectivity index (χ2n) is 8.10. The normalized spacial score (nSPS) is 14.1. The van der Waals surface area contributed by atoms with Crippen molar-refractivity contribution in [1.29, 1.82) is 0 Å². The Morgan fingerprint density at radius 1 is 1.06 bits per heavy atom. The van der Waals surface area contributed by atoms with E-state index in [1.54, 1.807) is 23.8 Å². The van der Waals surface area contributed by atoms with Crippen LogP contribution in [0.3, 0.4) is 0 Å². The first-order chi connectivity index (χ1) is 16.2. The first kappa shape index (κ1) is 21.5. The van der Waals surface area contributed by atoms with Crippen LogP contribution in [0.15, 0.2) is 58.6 Å². The molecule has 1 aliphatic rings. The Balaban J connectivity index is 1.52. The van der Waals surface area contributed by atoms with Crippen LogP contribution in [0.2, 0.25) is 0 Å². The summed E-state index contributed by atoms with van der Waals surface area (Å²) in [6.45, 7) is 3.88. The van der Waals surface area contributed by atoms with Gasteiger partial charge in [-0.1, -0.05) is 30.0 Å². The number of aryl methyl sites for hydroxylation is 1. The van der Waals surface area contributed by atoms with Gasteiger partial charge in [0.25, 0.3) is 5.56 Å². The predicted octanol–water partition coefficient (Wildman–Crippen LogP) is 3.87. The predicted molar refractivity (Wildman–Crippen MR) is 130 cm³/mol. The third kappa shape index (κ3) is 4.20. The largest absolute Gasteiger partial charge is 0.495 e. The number of methoxy groups -OCH3 is 1. The number of ether oxygens (including phenoxy) is 1. The van der Waals surface area contributed by atoms with E-state index in [0.717, 1.165) is 54.0 Å². The monoisotopic (exact) mass is 462 g/mol. The topological polar surface area (TPSA) is 77.5 Å². The van der Waals surface area contributed by atoms with Crippen LogP contribution in [0.4, 0.5) is 5.95 Å². The average Bonchev–Trinajstić information content (AvgIpc) is 3.27. The summed E-state index contributed by atoms with van der Waals surface area (Å²) >= 11 is 1.52. The second kappa shape index (κ2) is 9.27. The Bertz CT molecular complexity index is 1340. The number of hydrogen-bond acceptors (Lipinski definition) is 7. The summed E-state index contributed by atoms with van der Waals surface area (Å²) in [5.74, 6) is 2.09. The van der Waals surface area contributed by atoms with E-state index in [4.69, 9.17) is 9.72 Å². The van der Waals surface area contributed by atoms with E-state index in [1.807, 2.05) is 43.3 Å². The summed E-state index contributed by atoms with van der Waals surface area (Å²) in [6.07, 6.45) is 5.28. The molecule has 9 heteroatoms. The summed E-state index contributed by atoms with van der Waals surface area (Å²) in [6, 6.07) is 13.3. The highest BCUT2D eigenvalue weighted by atomic mass is 32.2. The summed E-state index contributed by atoms with van der Waals surface area (Å²) in [5, 5.41) is 9.83. The van der Waals surface area contributed by atoms with Gasteiger partial charge in [0.05, 0.1) is 18.5 Å². The molecule has 0 N–H and O–H groups in total. The van der Waals surface area contributed by atoms with Crippen LogP contribution >= 0.6 is 11.8 Å². The minimum absolute atomic E-state index is 0.0838. The number of pyridine rings is 1. The third-order valence-electron chi connectivity index (χ3n) is 5.87. The number of anilines is 1. The van der Waals surface area contributed by atoms with Gasteiger partial charge in [0.15, 0.2) is 5.16 Å². The molecule has 1 fully saturated rings. The molecular weight excluding hydrogens is 436 g/mol. The second-order valence-corrected chi connectivity index (χ2v) is 9.04. The molecule has 4 aromatic rings. The van der Waals surface area contributed by atoms with Gasteiger partial charge >= 0.3 is 0 Å². The Kier molecular flexibility index (Phi) is 6.04. The van der Waals surface area contributed by atoms with E-state index in [2.05, 4.69) is 19.7 Å². The number of aromatic nitrogens is 5. The van der Waals surface area contributed by atoms with E-state index >= 15 is 0 Å². The molecule has 8 nitrogen and oxygen atoms in total. The first-order valence-electron chi connectivity index (χ1n) is 11.1. The van der Waals surface area contributed by atoms with Crippen molar-refractivity contribution in [2.45, 2.75) is 37.1 Å². The number of nitrogens with zero attached hydrogens (tertiary/aromatic N) is 6. The molecule has 1 aromatic carbocycles. The Hall–Kier alpha value is -3.33. The zero-order chi connectivity index (χ0) is 22.8. The van der Waals surface area contributed by atoms with Gasteiger partial charge in [-0.05, 0) is 49.9 Å². The number of benzene rings is 1. The highest BCUT2D eigenvalue weighted by Crippen LogP contribution is 2.33. The molecule has 33 heavy (non-hydrogen) atoms. The van der Waals surface area contributed by atoms with Gasteiger partial charge in [0.2, 0.25) is 5.95 Å². The summed E-state index contributed by atoms with van der Waals surface area (Å²) in [7, 11) is 1.67. The Morgan fingerprint density at radius 2 is 1.88 bits per heavy atom. The molecule has 3 aromatic heterocycles. The molecule has 170 valence electrons. The standard InChI is InChI=1S/C24H26N6O2S/c1-17-9-8-14-29-21(31)15-18(25-22(17)29)16-33-24-27-26-23(28-12-6-3-7-13-28)30(24)19-10-4-5-11-20(19)32-2/h4-5,8-11,14-15H,3,6-7,12-13,16H2,1-2H3. The molecule has 0 aliphatic carbocycles. The fourth-order valence-electron chi connectivity index (χ4n) is 4.20. The molecule has 5 rings (SSSR count). The lowest BCUT2D eigenvalue weighted by atomic mass is 10.1. The van der Waals surface area contributed by atoms with Crippen LogP contribution in [0.1, 0.15) is 30.5 Å². The first-order valence-corrected chi connectivity index (χ1v) is 12.1. The van der Waals surface area contributed by atoms with Gasteiger partial charge < -0.3 is 9.64 Å². The van der Waals surface area contributed by atoms with Gasteiger partial charge in [-0.3, -0.25) is 13.8 Å². The van der Waals surface area contributed by atoms with E-state index in [1.165, 1.54) is 18.2 Å². The van der Waals surface area contributed by atoms with E-state index < -0.39 is 0 Å². The molecule has 0 radical (unpaired) electrons. The number of rotatable bonds is 6. The van der Waals surface area contributed by atoms with Gasteiger partial charge in [-0.25, -0.2) is 4.98 Å². The minimum Gasteiger partial charge on any atom is -0.495 e. The van der Waals surface area contributed by atoms with Crippen molar-refractivity contribution in [2.75, 3.05) is 25.1 Å². The number of hydrogen-bond donors (Lipinski definition) is 0. The van der Waals surface area contributed by atoms with Crippen LogP contribution in [0, 0.1) is 6.92 Å². The van der Waals surface area contributed by atoms with Crippen molar-refractivity contribution >= 4 is 23.4 Å². The van der Waals surface area contributed by atoms with Crippen molar-refractivity contribution in [2.24, 2.45) is 0 Å². The Labute approximate surface area is 196 Å². The fraction of sp³-hybridized carbons (Fsp3) is 0.333. The SMILES string of the molecule is COc1ccccc1-n1c(SCc2cc(=O)n3cccc(C)c3n2)nnc1N1CCCCC1. The molecule has 0 unspecified atom stereocenters. The number of piperidine rings is 1. The highest BCUT2D eigenvalue weighted by Gasteiger charge is 2.23. The quantitative estimate of drug-likeness (QED) is 0.403. The smallest absolute Gasteiger partial charge is 0.258 e. The van der Waals surface area contributed by atoms with Crippen LogP contribution < -0.4 is 15.2 Å². The lowest BCUT2D eigenvalue weighted by Crippen LogP contribution is -2.31. The summed E-state index contributed by atoms with van der Waals surface area (Å²) < 4.78 is 9.29. The van der Waals surface area contributed by atoms with Gasteiger partial charge in [-0.15, -0.1) is 10.2 Å². The van der Waals surface area contributed by atoms with Gasteiger partial charge in [-0.2, -0.15) is 0 Å². The van der Waals surface area contributed by atoms with Crippen LogP contribution in [-0.4, -0.2) is 44.3 Å². The minimum atomic E-state index is -0.0838. The Morgan fingerprint density at radius 3 is 2.70 bits per heavy atom. The maximum Gasteiger partial charge on any atom is 0.258 e. The molecule has 1 saturated heterocycles. The fourth-order valence-corrected chi connectivity index (χ4v) is 5.03. The molecular formula is C24H26N6O2S. The maximum absolute atomic E-state index is 12.6. The van der Waals surface area contributed by atoms with Gasteiger partial charge in [0, 0.05) is 31.1 Å². The summed E-state index contributed by atoms with van der Waals surface area (Å²) in [5.41, 5.74) is 3.18. The average molecular weight is 463 g/mol. The molecule has 1 aliphatic heterocycles. The van der Waals surface area contributed by atoms with Crippen molar-refractivity contribution in [3.8, 4) is 11.4 Å². The molecule has 4 heterocycles. The van der Waals surface area contributed by atoms with E-state index in [9.17, 15) is 4.79 Å². The lowest BCUT2D eigenvalue weighted by molar-refractivity contribution is 0.412. The number of fused-ring (bicyclic) bond motifs is 1. The zero-order valence-electron chi connectivity index (χ0n) is 18.8. The third-order valence-corrected chi connectivity index (χ3v) is 6.83. The van der Waals surface area contributed by atoms with Crippen LogP contribution in [0.25, 0.3) is 11.3 Å². The van der Waals surface area contributed by atoms with Crippen molar-refractivity contribution in [3.05, 3.63) is 70.3 Å². The van der Waals surface area contributed by atoms with Crippen LogP contribution in [-0.2, 0) is 5.75 Å².